The van der Waals surface area contributed by atoms with E-state index < -0.39 is 0 Å². The molecule has 0 amide bonds. The number of nitrogens with zero attached hydrogens (tertiary/aromatic N) is 1. The minimum Gasteiger partial charge on any atom is -0.493 e. The summed E-state index contributed by atoms with van der Waals surface area (Å²) in [4.78, 5) is 2.14. The molecule has 3 heteroatoms. The minimum atomic E-state index is 0.767. The lowest BCUT2D eigenvalue weighted by Gasteiger charge is -2.14. The van der Waals surface area contributed by atoms with Crippen LogP contribution in [0, 0.1) is 0 Å². The first-order valence-corrected chi connectivity index (χ1v) is 7.11. The third-order valence-corrected chi connectivity index (χ3v) is 2.98. The molecule has 0 bridgehead atoms. The second-order valence-electron chi connectivity index (χ2n) is 5.13. The van der Waals surface area contributed by atoms with Crippen LogP contribution in [0.4, 0.5) is 0 Å². The van der Waals surface area contributed by atoms with E-state index in [1.807, 2.05) is 6.07 Å². The zero-order chi connectivity index (χ0) is 14.1. The molecule has 0 saturated heterocycles. The monoisotopic (exact) mass is 265 g/mol. The largest absolute Gasteiger partial charge is 0.493 e. The van der Waals surface area contributed by atoms with Crippen LogP contribution in [0.15, 0.2) is 18.2 Å². The van der Waals surface area contributed by atoms with Crippen molar-refractivity contribution in [2.45, 2.75) is 39.2 Å². The fourth-order valence-corrected chi connectivity index (χ4v) is 2.01. The van der Waals surface area contributed by atoms with Gasteiger partial charge in [0.05, 0.1) is 13.7 Å². The van der Waals surface area contributed by atoms with Gasteiger partial charge in [-0.3, -0.25) is 0 Å². The van der Waals surface area contributed by atoms with Crippen LogP contribution in [0.3, 0.4) is 0 Å². The average Bonchev–Trinajstić information content (AvgIpc) is 2.39. The number of ether oxygens (including phenoxy) is 2. The van der Waals surface area contributed by atoms with E-state index in [0.717, 1.165) is 31.1 Å². The summed E-state index contributed by atoms with van der Waals surface area (Å²) in [5, 5.41) is 0. The Balaban J connectivity index is 2.53. The first-order valence-electron chi connectivity index (χ1n) is 7.11. The summed E-state index contributed by atoms with van der Waals surface area (Å²) in [6.07, 6.45) is 4.87. The lowest BCUT2D eigenvalue weighted by Crippen LogP contribution is -2.10. The van der Waals surface area contributed by atoms with Crippen molar-refractivity contribution in [3.63, 3.8) is 0 Å². The van der Waals surface area contributed by atoms with Crippen molar-refractivity contribution < 1.29 is 9.47 Å². The van der Waals surface area contributed by atoms with E-state index in [2.05, 4.69) is 38.1 Å². The molecule has 1 aromatic rings. The van der Waals surface area contributed by atoms with E-state index in [0.29, 0.717) is 0 Å². The van der Waals surface area contributed by atoms with Crippen LogP contribution < -0.4 is 9.47 Å². The Hall–Kier alpha value is -1.22. The molecule has 1 rings (SSSR count). The zero-order valence-electron chi connectivity index (χ0n) is 12.7. The highest BCUT2D eigenvalue weighted by molar-refractivity contribution is 5.42. The molecule has 3 nitrogen and oxygen atoms in total. The first kappa shape index (κ1) is 15.8. The molecule has 0 radical (unpaired) electrons. The molecular weight excluding hydrogens is 238 g/mol. The SMILES string of the molecule is CCCCCCOc1ccc(CN(C)C)cc1OC. The van der Waals surface area contributed by atoms with Gasteiger partial charge in [0.1, 0.15) is 0 Å². The van der Waals surface area contributed by atoms with Crippen LogP contribution in [0.25, 0.3) is 0 Å². The summed E-state index contributed by atoms with van der Waals surface area (Å²) in [6.45, 7) is 3.89. The van der Waals surface area contributed by atoms with Gasteiger partial charge in [-0.2, -0.15) is 0 Å². The van der Waals surface area contributed by atoms with Crippen LogP contribution in [-0.4, -0.2) is 32.7 Å². The van der Waals surface area contributed by atoms with Gasteiger partial charge in [0.2, 0.25) is 0 Å². The normalized spacial score (nSPS) is 10.8. The number of hydrogen-bond acceptors (Lipinski definition) is 3. The van der Waals surface area contributed by atoms with Crippen molar-refractivity contribution in [2.24, 2.45) is 0 Å². The first-order chi connectivity index (χ1) is 9.17. The lowest BCUT2D eigenvalue weighted by molar-refractivity contribution is 0.284. The highest BCUT2D eigenvalue weighted by Crippen LogP contribution is 2.28. The lowest BCUT2D eigenvalue weighted by atomic mass is 10.2. The molecule has 0 spiro atoms. The molecule has 0 aromatic heterocycles. The van der Waals surface area contributed by atoms with E-state index >= 15 is 0 Å². The Bertz CT molecular complexity index is 364. The molecule has 0 atom stereocenters. The van der Waals surface area contributed by atoms with Gasteiger partial charge in [-0.05, 0) is 38.2 Å². The van der Waals surface area contributed by atoms with Crippen molar-refractivity contribution in [1.82, 2.24) is 4.90 Å². The van der Waals surface area contributed by atoms with Crippen LogP contribution in [-0.2, 0) is 6.54 Å². The van der Waals surface area contributed by atoms with Crippen molar-refractivity contribution in [2.75, 3.05) is 27.8 Å². The second-order valence-corrected chi connectivity index (χ2v) is 5.13. The number of hydrogen-bond donors (Lipinski definition) is 0. The molecule has 0 aliphatic heterocycles. The standard InChI is InChI=1S/C16H27NO2/c1-5-6-7-8-11-19-15-10-9-14(13-17(2)3)12-16(15)18-4/h9-10,12H,5-8,11,13H2,1-4H3. The maximum atomic E-state index is 5.80. The van der Waals surface area contributed by atoms with E-state index in [4.69, 9.17) is 9.47 Å². The predicted molar refractivity (Wildman–Crippen MR) is 80.0 cm³/mol. The molecule has 1 aromatic carbocycles. The highest BCUT2D eigenvalue weighted by Gasteiger charge is 2.06. The van der Waals surface area contributed by atoms with Gasteiger partial charge in [-0.15, -0.1) is 0 Å². The molecule has 0 N–H and O–H groups in total. The molecule has 0 unspecified atom stereocenters. The maximum absolute atomic E-state index is 5.80. The van der Waals surface area contributed by atoms with Crippen LogP contribution in [0.5, 0.6) is 11.5 Å². The van der Waals surface area contributed by atoms with Crippen molar-refractivity contribution in [3.8, 4) is 11.5 Å². The zero-order valence-corrected chi connectivity index (χ0v) is 12.7. The molecule has 0 aliphatic rings. The molecule has 0 heterocycles. The Morgan fingerprint density at radius 2 is 1.84 bits per heavy atom. The summed E-state index contributed by atoms with van der Waals surface area (Å²) in [5.74, 6) is 1.68. The number of rotatable bonds is 9. The van der Waals surface area contributed by atoms with Crippen LogP contribution in [0.2, 0.25) is 0 Å². The average molecular weight is 265 g/mol. The van der Waals surface area contributed by atoms with Crippen LogP contribution >= 0.6 is 0 Å². The summed E-state index contributed by atoms with van der Waals surface area (Å²) < 4.78 is 11.2. The van der Waals surface area contributed by atoms with E-state index in [9.17, 15) is 0 Å². The Labute approximate surface area is 117 Å². The summed E-state index contributed by atoms with van der Waals surface area (Å²) in [7, 11) is 5.81. The summed E-state index contributed by atoms with van der Waals surface area (Å²) >= 11 is 0. The van der Waals surface area contributed by atoms with Gasteiger partial charge in [0, 0.05) is 6.54 Å². The highest BCUT2D eigenvalue weighted by atomic mass is 16.5. The van der Waals surface area contributed by atoms with Gasteiger partial charge in [-0.1, -0.05) is 32.3 Å². The number of benzene rings is 1. The fraction of sp³-hybridized carbons (Fsp3) is 0.625. The van der Waals surface area contributed by atoms with E-state index in [-0.39, 0.29) is 0 Å². The molecule has 0 saturated carbocycles. The molecule has 108 valence electrons. The summed E-state index contributed by atoms with van der Waals surface area (Å²) in [5.41, 5.74) is 1.24. The van der Waals surface area contributed by atoms with Gasteiger partial charge in [-0.25, -0.2) is 0 Å². The number of unbranched alkanes of at least 4 members (excludes halogenated alkanes) is 3. The van der Waals surface area contributed by atoms with Crippen molar-refractivity contribution in [3.05, 3.63) is 23.8 Å². The number of methoxy groups -OCH3 is 1. The Morgan fingerprint density at radius 3 is 2.47 bits per heavy atom. The molecule has 0 aliphatic carbocycles. The fourth-order valence-electron chi connectivity index (χ4n) is 2.01. The predicted octanol–water partition coefficient (Wildman–Crippen LogP) is 3.72. The smallest absolute Gasteiger partial charge is 0.161 e. The third-order valence-electron chi connectivity index (χ3n) is 2.98. The Morgan fingerprint density at radius 1 is 1.05 bits per heavy atom. The molecule has 0 fully saturated rings. The van der Waals surface area contributed by atoms with E-state index in [1.54, 1.807) is 7.11 Å². The van der Waals surface area contributed by atoms with Crippen LogP contribution in [0.1, 0.15) is 38.2 Å². The minimum absolute atomic E-state index is 0.767. The summed E-state index contributed by atoms with van der Waals surface area (Å²) in [6, 6.07) is 6.17. The van der Waals surface area contributed by atoms with Gasteiger partial charge < -0.3 is 14.4 Å². The molecular formula is C16H27NO2. The molecule has 19 heavy (non-hydrogen) atoms. The van der Waals surface area contributed by atoms with E-state index in [1.165, 1.54) is 24.8 Å². The quantitative estimate of drug-likeness (QED) is 0.635. The van der Waals surface area contributed by atoms with Crippen molar-refractivity contribution >= 4 is 0 Å². The second kappa shape index (κ2) is 8.81. The van der Waals surface area contributed by atoms with Gasteiger partial charge >= 0.3 is 0 Å². The topological polar surface area (TPSA) is 21.7 Å². The van der Waals surface area contributed by atoms with Gasteiger partial charge in [0.15, 0.2) is 11.5 Å². The maximum Gasteiger partial charge on any atom is 0.161 e. The van der Waals surface area contributed by atoms with Crippen molar-refractivity contribution in [1.29, 1.82) is 0 Å². The van der Waals surface area contributed by atoms with Gasteiger partial charge in [0.25, 0.3) is 0 Å². The Kier molecular flexibility index (Phi) is 7.34. The third kappa shape index (κ3) is 5.97.